The SMILES string of the molecule is CN(Cc1cccc(F)c1)c1cc(C(=N)N)ccn1. The van der Waals surface area contributed by atoms with Crippen molar-refractivity contribution in [1.82, 2.24) is 4.98 Å². The summed E-state index contributed by atoms with van der Waals surface area (Å²) in [6.07, 6.45) is 1.61. The minimum absolute atomic E-state index is 0.00260. The maximum absolute atomic E-state index is 13.1. The Bertz CT molecular complexity index is 598. The lowest BCUT2D eigenvalue weighted by molar-refractivity contribution is 0.625. The molecule has 98 valence electrons. The van der Waals surface area contributed by atoms with Gasteiger partial charge < -0.3 is 10.6 Å². The first-order valence-corrected chi connectivity index (χ1v) is 5.82. The molecule has 0 saturated heterocycles. The topological polar surface area (TPSA) is 66.0 Å². The van der Waals surface area contributed by atoms with Crippen molar-refractivity contribution in [2.24, 2.45) is 5.73 Å². The van der Waals surface area contributed by atoms with Gasteiger partial charge in [0, 0.05) is 25.4 Å². The van der Waals surface area contributed by atoms with Crippen molar-refractivity contribution in [3.05, 3.63) is 59.5 Å². The van der Waals surface area contributed by atoms with Crippen molar-refractivity contribution in [2.45, 2.75) is 6.54 Å². The monoisotopic (exact) mass is 258 g/mol. The first-order valence-electron chi connectivity index (χ1n) is 5.82. The van der Waals surface area contributed by atoms with Crippen molar-refractivity contribution in [3.63, 3.8) is 0 Å². The molecule has 0 bridgehead atoms. The fourth-order valence-corrected chi connectivity index (χ4v) is 1.78. The van der Waals surface area contributed by atoms with Gasteiger partial charge in [0.2, 0.25) is 0 Å². The quantitative estimate of drug-likeness (QED) is 0.652. The third-order valence-electron chi connectivity index (χ3n) is 2.76. The molecule has 0 aliphatic heterocycles. The van der Waals surface area contributed by atoms with Crippen molar-refractivity contribution < 1.29 is 4.39 Å². The summed E-state index contributed by atoms with van der Waals surface area (Å²) in [5.74, 6) is 0.441. The minimum Gasteiger partial charge on any atom is -0.384 e. The summed E-state index contributed by atoms with van der Waals surface area (Å²) in [5, 5.41) is 7.40. The zero-order chi connectivity index (χ0) is 13.8. The molecule has 0 spiro atoms. The van der Waals surface area contributed by atoms with Gasteiger partial charge in [0.1, 0.15) is 17.5 Å². The molecule has 0 fully saturated rings. The first-order chi connectivity index (χ1) is 9.06. The summed E-state index contributed by atoms with van der Waals surface area (Å²) in [5.41, 5.74) is 6.92. The molecule has 0 amide bonds. The predicted octanol–water partition coefficient (Wildman–Crippen LogP) is 2.14. The number of nitrogen functional groups attached to an aromatic ring is 1. The Morgan fingerprint density at radius 2 is 2.16 bits per heavy atom. The van der Waals surface area contributed by atoms with Crippen LogP contribution in [0.1, 0.15) is 11.1 Å². The van der Waals surface area contributed by atoms with Gasteiger partial charge in [0.25, 0.3) is 0 Å². The molecular weight excluding hydrogens is 243 g/mol. The summed E-state index contributed by atoms with van der Waals surface area (Å²) in [6.45, 7) is 0.534. The Kier molecular flexibility index (Phi) is 3.75. The van der Waals surface area contributed by atoms with E-state index in [1.54, 1.807) is 24.4 Å². The van der Waals surface area contributed by atoms with E-state index in [2.05, 4.69) is 4.98 Å². The van der Waals surface area contributed by atoms with Crippen LogP contribution in [-0.4, -0.2) is 17.9 Å². The van der Waals surface area contributed by atoms with E-state index < -0.39 is 0 Å². The number of aromatic nitrogens is 1. The van der Waals surface area contributed by atoms with Gasteiger partial charge >= 0.3 is 0 Å². The van der Waals surface area contributed by atoms with Gasteiger partial charge in [-0.2, -0.15) is 0 Å². The molecule has 1 aromatic heterocycles. The van der Waals surface area contributed by atoms with E-state index in [4.69, 9.17) is 11.1 Å². The zero-order valence-corrected chi connectivity index (χ0v) is 10.6. The standard InChI is InChI=1S/C14H15FN4/c1-19(9-10-3-2-4-12(15)7-10)13-8-11(14(16)17)5-6-18-13/h2-8H,9H2,1H3,(H3,16,17). The molecule has 0 atom stereocenters. The Hall–Kier alpha value is -2.43. The number of benzene rings is 1. The number of hydrogen-bond donors (Lipinski definition) is 2. The predicted molar refractivity (Wildman–Crippen MR) is 73.8 cm³/mol. The van der Waals surface area contributed by atoms with Crippen molar-refractivity contribution in [1.29, 1.82) is 5.41 Å². The van der Waals surface area contributed by atoms with Crippen LogP contribution in [0.15, 0.2) is 42.6 Å². The Labute approximate surface area is 111 Å². The van der Waals surface area contributed by atoms with Gasteiger partial charge in [0.05, 0.1) is 0 Å². The number of anilines is 1. The molecule has 0 aliphatic rings. The molecule has 19 heavy (non-hydrogen) atoms. The van der Waals surface area contributed by atoms with Gasteiger partial charge in [-0.3, -0.25) is 5.41 Å². The lowest BCUT2D eigenvalue weighted by Gasteiger charge is -2.18. The summed E-state index contributed by atoms with van der Waals surface area (Å²) in [4.78, 5) is 6.10. The molecule has 0 radical (unpaired) electrons. The maximum atomic E-state index is 13.1. The number of pyridine rings is 1. The van der Waals surface area contributed by atoms with Crippen LogP contribution in [0.2, 0.25) is 0 Å². The Morgan fingerprint density at radius 3 is 2.84 bits per heavy atom. The van der Waals surface area contributed by atoms with Crippen LogP contribution in [0.5, 0.6) is 0 Å². The van der Waals surface area contributed by atoms with E-state index in [-0.39, 0.29) is 11.7 Å². The molecule has 1 heterocycles. The van der Waals surface area contributed by atoms with E-state index >= 15 is 0 Å². The van der Waals surface area contributed by atoms with Crippen LogP contribution in [0.25, 0.3) is 0 Å². The maximum Gasteiger partial charge on any atom is 0.129 e. The second-order valence-corrected chi connectivity index (χ2v) is 4.30. The minimum atomic E-state index is -0.253. The number of nitrogens with zero attached hydrogens (tertiary/aromatic N) is 2. The number of hydrogen-bond acceptors (Lipinski definition) is 3. The molecule has 0 unspecified atom stereocenters. The highest BCUT2D eigenvalue weighted by Gasteiger charge is 2.06. The molecule has 1 aromatic carbocycles. The van der Waals surface area contributed by atoms with Crippen LogP contribution in [0, 0.1) is 11.2 Å². The van der Waals surface area contributed by atoms with E-state index in [0.717, 1.165) is 5.56 Å². The van der Waals surface area contributed by atoms with Crippen LogP contribution in [0.4, 0.5) is 10.2 Å². The summed E-state index contributed by atoms with van der Waals surface area (Å²) in [6, 6.07) is 9.86. The van der Waals surface area contributed by atoms with Gasteiger partial charge in [-0.05, 0) is 29.8 Å². The van der Waals surface area contributed by atoms with Crippen molar-refractivity contribution in [2.75, 3.05) is 11.9 Å². The van der Waals surface area contributed by atoms with Crippen molar-refractivity contribution in [3.8, 4) is 0 Å². The lowest BCUT2D eigenvalue weighted by Crippen LogP contribution is -2.19. The molecule has 2 aromatic rings. The largest absolute Gasteiger partial charge is 0.384 e. The molecule has 5 heteroatoms. The summed E-state index contributed by atoms with van der Waals surface area (Å²) < 4.78 is 13.1. The number of nitrogens with one attached hydrogen (secondary N) is 1. The number of halogens is 1. The highest BCUT2D eigenvalue weighted by Crippen LogP contribution is 2.14. The van der Waals surface area contributed by atoms with Crippen LogP contribution in [0.3, 0.4) is 0 Å². The lowest BCUT2D eigenvalue weighted by atomic mass is 10.2. The molecule has 0 aliphatic carbocycles. The molecule has 0 saturated carbocycles. The second-order valence-electron chi connectivity index (χ2n) is 4.30. The van der Waals surface area contributed by atoms with E-state index in [0.29, 0.717) is 17.9 Å². The molecule has 4 nitrogen and oxygen atoms in total. The van der Waals surface area contributed by atoms with Crippen LogP contribution >= 0.6 is 0 Å². The van der Waals surface area contributed by atoms with Gasteiger partial charge in [0.15, 0.2) is 0 Å². The van der Waals surface area contributed by atoms with Crippen LogP contribution in [-0.2, 0) is 6.54 Å². The highest BCUT2D eigenvalue weighted by molar-refractivity contribution is 5.95. The number of rotatable bonds is 4. The Balaban J connectivity index is 2.18. The van der Waals surface area contributed by atoms with E-state index in [1.165, 1.54) is 12.1 Å². The fourth-order valence-electron chi connectivity index (χ4n) is 1.78. The van der Waals surface area contributed by atoms with Crippen LogP contribution < -0.4 is 10.6 Å². The zero-order valence-electron chi connectivity index (χ0n) is 10.6. The van der Waals surface area contributed by atoms with Gasteiger partial charge in [-0.1, -0.05) is 12.1 Å². The summed E-state index contributed by atoms with van der Waals surface area (Å²) >= 11 is 0. The number of nitrogens with two attached hydrogens (primary N) is 1. The first kappa shape index (κ1) is 13.0. The average molecular weight is 258 g/mol. The van der Waals surface area contributed by atoms with Gasteiger partial charge in [-0.25, -0.2) is 9.37 Å². The molecular formula is C14H15FN4. The second kappa shape index (κ2) is 5.48. The smallest absolute Gasteiger partial charge is 0.129 e. The third kappa shape index (κ3) is 3.28. The third-order valence-corrected chi connectivity index (χ3v) is 2.76. The summed E-state index contributed by atoms with van der Waals surface area (Å²) in [7, 11) is 1.86. The van der Waals surface area contributed by atoms with E-state index in [9.17, 15) is 4.39 Å². The number of amidine groups is 1. The average Bonchev–Trinajstić information content (AvgIpc) is 2.39. The highest BCUT2D eigenvalue weighted by atomic mass is 19.1. The fraction of sp³-hybridized carbons (Fsp3) is 0.143. The van der Waals surface area contributed by atoms with Gasteiger partial charge in [-0.15, -0.1) is 0 Å². The van der Waals surface area contributed by atoms with Crippen molar-refractivity contribution >= 4 is 11.7 Å². The Morgan fingerprint density at radius 1 is 1.37 bits per heavy atom. The normalized spacial score (nSPS) is 10.2. The molecule has 2 rings (SSSR count). The molecule has 3 N–H and O–H groups in total. The van der Waals surface area contributed by atoms with E-state index in [1.807, 2.05) is 18.0 Å².